The second-order valence-electron chi connectivity index (χ2n) is 3.51. The maximum atomic E-state index is 11.1. The molecule has 1 N–H and O–H groups in total. The minimum Gasteiger partial charge on any atom is -0.337 e. The largest absolute Gasteiger partial charge is 0.337 e. The van der Waals surface area contributed by atoms with Gasteiger partial charge in [-0.3, -0.25) is 4.79 Å². The summed E-state index contributed by atoms with van der Waals surface area (Å²) in [6, 6.07) is 1.06. The molecule has 1 amide bonds. The zero-order chi connectivity index (χ0) is 7.84. The van der Waals surface area contributed by atoms with E-state index in [1.54, 1.807) is 6.92 Å². The quantitative estimate of drug-likeness (QED) is 0.531. The van der Waals surface area contributed by atoms with E-state index in [-0.39, 0.29) is 5.91 Å². The smallest absolute Gasteiger partial charge is 0.219 e. The Morgan fingerprint density at radius 1 is 1.55 bits per heavy atom. The molecular formula is C8H14N2O. The van der Waals surface area contributed by atoms with Crippen molar-refractivity contribution in [3.63, 3.8) is 0 Å². The molecule has 3 fully saturated rings. The van der Waals surface area contributed by atoms with Gasteiger partial charge in [-0.25, -0.2) is 0 Å². The third-order valence-corrected chi connectivity index (χ3v) is 2.75. The molecule has 0 aliphatic carbocycles. The van der Waals surface area contributed by atoms with Crippen LogP contribution in [0.4, 0.5) is 0 Å². The molecule has 3 heteroatoms. The fourth-order valence-corrected chi connectivity index (χ4v) is 2.09. The van der Waals surface area contributed by atoms with Gasteiger partial charge in [0.15, 0.2) is 0 Å². The summed E-state index contributed by atoms with van der Waals surface area (Å²) in [5.41, 5.74) is 0. The summed E-state index contributed by atoms with van der Waals surface area (Å²) in [5, 5.41) is 3.41. The van der Waals surface area contributed by atoms with Crippen molar-refractivity contribution in [3.05, 3.63) is 0 Å². The van der Waals surface area contributed by atoms with Crippen molar-refractivity contribution >= 4 is 5.91 Å². The maximum absolute atomic E-state index is 11.1. The van der Waals surface area contributed by atoms with Crippen molar-refractivity contribution in [2.24, 2.45) is 0 Å². The minimum atomic E-state index is 0.237. The summed E-state index contributed by atoms with van der Waals surface area (Å²) in [6.45, 7) is 3.60. The van der Waals surface area contributed by atoms with Crippen LogP contribution in [0.2, 0.25) is 0 Å². The fraction of sp³-hybridized carbons (Fsp3) is 0.875. The van der Waals surface area contributed by atoms with E-state index in [1.165, 1.54) is 12.8 Å². The highest BCUT2D eigenvalue weighted by Crippen LogP contribution is 2.21. The first-order valence-electron chi connectivity index (χ1n) is 4.28. The number of nitrogens with one attached hydrogen (secondary N) is 1. The Hall–Kier alpha value is -0.570. The van der Waals surface area contributed by atoms with Gasteiger partial charge in [0, 0.05) is 32.1 Å². The molecule has 0 aromatic carbocycles. The second-order valence-corrected chi connectivity index (χ2v) is 3.51. The molecule has 3 aliphatic heterocycles. The maximum Gasteiger partial charge on any atom is 0.219 e. The van der Waals surface area contributed by atoms with Crippen molar-refractivity contribution in [2.45, 2.75) is 31.8 Å². The van der Waals surface area contributed by atoms with E-state index in [4.69, 9.17) is 0 Å². The van der Waals surface area contributed by atoms with Gasteiger partial charge in [-0.15, -0.1) is 0 Å². The van der Waals surface area contributed by atoms with Gasteiger partial charge in [0.2, 0.25) is 5.91 Å². The van der Waals surface area contributed by atoms with E-state index in [2.05, 4.69) is 5.32 Å². The SMILES string of the molecule is CC(=O)N1C[C@@H]2CCC1CN2. The third-order valence-electron chi connectivity index (χ3n) is 2.75. The van der Waals surface area contributed by atoms with Crippen LogP contribution in [-0.2, 0) is 4.79 Å². The van der Waals surface area contributed by atoms with Crippen LogP contribution in [0.15, 0.2) is 0 Å². The molecule has 1 unspecified atom stereocenters. The Balaban J connectivity index is 2.08. The average molecular weight is 154 g/mol. The highest BCUT2D eigenvalue weighted by Gasteiger charge is 2.34. The van der Waals surface area contributed by atoms with Crippen molar-refractivity contribution in [1.29, 1.82) is 0 Å². The molecule has 3 saturated heterocycles. The molecular weight excluding hydrogens is 140 g/mol. The van der Waals surface area contributed by atoms with Crippen molar-refractivity contribution in [3.8, 4) is 0 Å². The molecule has 3 rings (SSSR count). The van der Waals surface area contributed by atoms with Gasteiger partial charge in [-0.05, 0) is 12.8 Å². The van der Waals surface area contributed by atoms with Gasteiger partial charge in [-0.2, -0.15) is 0 Å². The lowest BCUT2D eigenvalue weighted by atomic mass is 9.93. The average Bonchev–Trinajstić information content (AvgIpc) is 2.06. The molecule has 62 valence electrons. The number of amides is 1. The number of fused-ring (bicyclic) bond motifs is 3. The van der Waals surface area contributed by atoms with Crippen LogP contribution in [0.1, 0.15) is 19.8 Å². The predicted octanol–water partition coefficient (Wildman–Crippen LogP) is -0.0309. The lowest BCUT2D eigenvalue weighted by Crippen LogP contribution is -2.62. The topological polar surface area (TPSA) is 32.3 Å². The molecule has 11 heavy (non-hydrogen) atoms. The number of hydrogen-bond acceptors (Lipinski definition) is 2. The molecule has 0 spiro atoms. The first-order chi connectivity index (χ1) is 5.27. The molecule has 0 aromatic heterocycles. The van der Waals surface area contributed by atoms with Crippen LogP contribution >= 0.6 is 0 Å². The number of piperidine rings is 2. The van der Waals surface area contributed by atoms with Crippen LogP contribution in [0.5, 0.6) is 0 Å². The zero-order valence-corrected chi connectivity index (χ0v) is 6.84. The first kappa shape index (κ1) is 7.10. The molecule has 0 saturated carbocycles. The van der Waals surface area contributed by atoms with E-state index in [1.807, 2.05) is 4.90 Å². The zero-order valence-electron chi connectivity index (χ0n) is 6.84. The Morgan fingerprint density at radius 2 is 2.36 bits per heavy atom. The molecule has 0 radical (unpaired) electrons. The summed E-state index contributed by atoms with van der Waals surface area (Å²) in [4.78, 5) is 13.1. The number of piperazine rings is 1. The fourth-order valence-electron chi connectivity index (χ4n) is 2.09. The van der Waals surface area contributed by atoms with Crippen LogP contribution in [0, 0.1) is 0 Å². The van der Waals surface area contributed by atoms with Crippen molar-refractivity contribution in [2.75, 3.05) is 13.1 Å². The Bertz CT molecular complexity index is 173. The third kappa shape index (κ3) is 1.13. The van der Waals surface area contributed by atoms with Gasteiger partial charge in [-0.1, -0.05) is 0 Å². The number of carbonyl (C=O) groups is 1. The van der Waals surface area contributed by atoms with Gasteiger partial charge in [0.05, 0.1) is 0 Å². The highest BCUT2D eigenvalue weighted by atomic mass is 16.2. The lowest BCUT2D eigenvalue weighted by Gasteiger charge is -2.45. The molecule has 3 nitrogen and oxygen atoms in total. The number of carbonyl (C=O) groups excluding carboxylic acids is 1. The van der Waals surface area contributed by atoms with Gasteiger partial charge in [0.25, 0.3) is 0 Å². The number of nitrogens with zero attached hydrogens (tertiary/aromatic N) is 1. The van der Waals surface area contributed by atoms with Crippen LogP contribution < -0.4 is 5.32 Å². The minimum absolute atomic E-state index is 0.237. The Kier molecular flexibility index (Phi) is 1.60. The predicted molar refractivity (Wildman–Crippen MR) is 42.2 cm³/mol. The normalized spacial score (nSPS) is 35.9. The number of rotatable bonds is 0. The molecule has 2 bridgehead atoms. The van der Waals surface area contributed by atoms with Gasteiger partial charge >= 0.3 is 0 Å². The van der Waals surface area contributed by atoms with E-state index in [0.717, 1.165) is 13.1 Å². The Labute approximate surface area is 66.8 Å². The van der Waals surface area contributed by atoms with E-state index in [0.29, 0.717) is 12.1 Å². The summed E-state index contributed by atoms with van der Waals surface area (Å²) < 4.78 is 0. The summed E-state index contributed by atoms with van der Waals surface area (Å²) in [6.07, 6.45) is 2.44. The monoisotopic (exact) mass is 154 g/mol. The van der Waals surface area contributed by atoms with Crippen LogP contribution in [0.3, 0.4) is 0 Å². The summed E-state index contributed by atoms with van der Waals surface area (Å²) in [7, 11) is 0. The number of hydrogen-bond donors (Lipinski definition) is 1. The molecule has 3 heterocycles. The lowest BCUT2D eigenvalue weighted by molar-refractivity contribution is -0.134. The highest BCUT2D eigenvalue weighted by molar-refractivity contribution is 5.74. The van der Waals surface area contributed by atoms with Crippen molar-refractivity contribution < 1.29 is 4.79 Å². The van der Waals surface area contributed by atoms with E-state index >= 15 is 0 Å². The summed E-state index contributed by atoms with van der Waals surface area (Å²) in [5.74, 6) is 0.237. The van der Waals surface area contributed by atoms with Crippen LogP contribution in [-0.4, -0.2) is 36.0 Å². The standard InChI is InChI=1S/C8H14N2O/c1-6(11)10-5-7-2-3-8(10)4-9-7/h7-9H,2-5H2,1H3/t7-,8?/m0/s1. The molecule has 0 aromatic rings. The van der Waals surface area contributed by atoms with Crippen LogP contribution in [0.25, 0.3) is 0 Å². The molecule has 3 aliphatic rings. The van der Waals surface area contributed by atoms with Crippen molar-refractivity contribution in [1.82, 2.24) is 10.2 Å². The second kappa shape index (κ2) is 2.48. The summed E-state index contributed by atoms with van der Waals surface area (Å²) >= 11 is 0. The Morgan fingerprint density at radius 3 is 2.64 bits per heavy atom. The molecule has 2 atom stereocenters. The van der Waals surface area contributed by atoms with E-state index < -0.39 is 0 Å². The van der Waals surface area contributed by atoms with Gasteiger partial charge in [0.1, 0.15) is 0 Å². The van der Waals surface area contributed by atoms with Gasteiger partial charge < -0.3 is 10.2 Å². The first-order valence-corrected chi connectivity index (χ1v) is 4.28. The van der Waals surface area contributed by atoms with E-state index in [9.17, 15) is 4.79 Å².